The van der Waals surface area contributed by atoms with Gasteiger partial charge < -0.3 is 14.9 Å². The van der Waals surface area contributed by atoms with Crippen molar-refractivity contribution in [2.45, 2.75) is 12.8 Å². The van der Waals surface area contributed by atoms with E-state index in [-0.39, 0.29) is 23.3 Å². The highest BCUT2D eigenvalue weighted by atomic mass is 19.4. The fourth-order valence-corrected chi connectivity index (χ4v) is 1.99. The topological polar surface area (TPSA) is 66.8 Å². The van der Waals surface area contributed by atoms with E-state index < -0.39 is 18.1 Å². The van der Waals surface area contributed by atoms with Crippen molar-refractivity contribution in [1.82, 2.24) is 0 Å². The van der Waals surface area contributed by atoms with Gasteiger partial charge in [-0.2, -0.15) is 0 Å². The van der Waals surface area contributed by atoms with E-state index in [0.29, 0.717) is 5.56 Å². The zero-order chi connectivity index (χ0) is 16.3. The van der Waals surface area contributed by atoms with Gasteiger partial charge in [-0.25, -0.2) is 0 Å². The largest absolute Gasteiger partial charge is 0.573 e. The molecule has 116 valence electrons. The normalized spacial score (nSPS) is 11.2. The highest BCUT2D eigenvalue weighted by Crippen LogP contribution is 2.38. The molecule has 0 spiro atoms. The van der Waals surface area contributed by atoms with Crippen LogP contribution in [0, 0.1) is 0 Å². The van der Waals surface area contributed by atoms with Crippen LogP contribution >= 0.6 is 0 Å². The first-order chi connectivity index (χ1) is 10.3. The smallest absolute Gasteiger partial charge is 0.507 e. The van der Waals surface area contributed by atoms with Crippen LogP contribution in [-0.4, -0.2) is 22.5 Å². The molecular weight excluding hydrogens is 301 g/mol. The second-order valence-electron chi connectivity index (χ2n) is 4.47. The minimum atomic E-state index is -4.87. The summed E-state index contributed by atoms with van der Waals surface area (Å²) in [6, 6.07) is 9.26. The summed E-state index contributed by atoms with van der Waals surface area (Å²) < 4.78 is 41.2. The first-order valence-electron chi connectivity index (χ1n) is 6.15. The van der Waals surface area contributed by atoms with Gasteiger partial charge in [0.15, 0.2) is 0 Å². The Bertz CT molecular complexity index is 695. The summed E-state index contributed by atoms with van der Waals surface area (Å²) >= 11 is 0. The van der Waals surface area contributed by atoms with Crippen LogP contribution in [0.1, 0.15) is 5.56 Å². The van der Waals surface area contributed by atoms with Crippen LogP contribution < -0.4 is 4.74 Å². The Balaban J connectivity index is 2.49. The number of carboxylic acid groups (broad SMARTS) is 1. The number of alkyl halides is 3. The van der Waals surface area contributed by atoms with Gasteiger partial charge in [0.05, 0.1) is 6.42 Å². The van der Waals surface area contributed by atoms with Crippen LogP contribution in [-0.2, 0) is 11.2 Å². The molecule has 0 bridgehead atoms. The molecule has 0 aliphatic heterocycles. The van der Waals surface area contributed by atoms with E-state index in [9.17, 15) is 23.1 Å². The summed E-state index contributed by atoms with van der Waals surface area (Å²) in [6.07, 6.45) is -5.18. The number of aromatic hydroxyl groups is 1. The molecule has 0 atom stereocenters. The van der Waals surface area contributed by atoms with Crippen molar-refractivity contribution in [3.05, 3.63) is 48.0 Å². The molecule has 22 heavy (non-hydrogen) atoms. The summed E-state index contributed by atoms with van der Waals surface area (Å²) in [7, 11) is 0. The summed E-state index contributed by atoms with van der Waals surface area (Å²) in [5.74, 6) is -1.83. The lowest BCUT2D eigenvalue weighted by Crippen LogP contribution is -2.17. The van der Waals surface area contributed by atoms with Crippen molar-refractivity contribution in [2.75, 3.05) is 0 Å². The van der Waals surface area contributed by atoms with Crippen molar-refractivity contribution in [3.63, 3.8) is 0 Å². The number of rotatable bonds is 4. The lowest BCUT2D eigenvalue weighted by molar-refractivity contribution is -0.274. The summed E-state index contributed by atoms with van der Waals surface area (Å²) in [5, 5.41) is 18.6. The molecule has 2 N–H and O–H groups in total. The van der Waals surface area contributed by atoms with Gasteiger partial charge in [-0.05, 0) is 23.8 Å². The minimum absolute atomic E-state index is 0.0181. The third kappa shape index (κ3) is 3.91. The highest BCUT2D eigenvalue weighted by molar-refractivity contribution is 5.78. The molecule has 2 rings (SSSR count). The third-order valence-electron chi connectivity index (χ3n) is 2.82. The van der Waals surface area contributed by atoms with Gasteiger partial charge in [0.1, 0.15) is 11.5 Å². The van der Waals surface area contributed by atoms with Gasteiger partial charge in [0.2, 0.25) is 0 Å². The first-order valence-corrected chi connectivity index (χ1v) is 6.15. The highest BCUT2D eigenvalue weighted by Gasteiger charge is 2.32. The average Bonchev–Trinajstić information content (AvgIpc) is 2.39. The van der Waals surface area contributed by atoms with Crippen LogP contribution in [0.15, 0.2) is 42.5 Å². The molecule has 0 aliphatic rings. The Morgan fingerprint density at radius 1 is 1.09 bits per heavy atom. The number of carboxylic acids is 1. The molecule has 2 aromatic carbocycles. The Morgan fingerprint density at radius 3 is 2.41 bits per heavy atom. The molecule has 0 heterocycles. The van der Waals surface area contributed by atoms with Crippen LogP contribution in [0.4, 0.5) is 13.2 Å². The zero-order valence-electron chi connectivity index (χ0n) is 11.1. The van der Waals surface area contributed by atoms with Crippen LogP contribution in [0.5, 0.6) is 11.5 Å². The number of benzene rings is 2. The van der Waals surface area contributed by atoms with Gasteiger partial charge in [0.25, 0.3) is 0 Å². The van der Waals surface area contributed by atoms with E-state index >= 15 is 0 Å². The number of para-hydroxylation sites is 1. The number of hydrogen-bond acceptors (Lipinski definition) is 3. The van der Waals surface area contributed by atoms with E-state index in [1.165, 1.54) is 36.4 Å². The zero-order valence-corrected chi connectivity index (χ0v) is 11.1. The summed E-state index contributed by atoms with van der Waals surface area (Å²) in [6.45, 7) is 0. The number of hydrogen-bond donors (Lipinski definition) is 2. The molecule has 0 fully saturated rings. The number of phenolic OH excluding ortho intramolecular Hbond substituents is 1. The number of aliphatic carboxylic acids is 1. The molecule has 0 aromatic heterocycles. The fraction of sp³-hybridized carbons (Fsp3) is 0.133. The number of halogens is 3. The van der Waals surface area contributed by atoms with Gasteiger partial charge in [0, 0.05) is 11.1 Å². The van der Waals surface area contributed by atoms with E-state index in [0.717, 1.165) is 6.07 Å². The second-order valence-corrected chi connectivity index (χ2v) is 4.47. The van der Waals surface area contributed by atoms with Gasteiger partial charge in [-0.1, -0.05) is 24.3 Å². The maximum Gasteiger partial charge on any atom is 0.573 e. The summed E-state index contributed by atoms with van der Waals surface area (Å²) in [5.41, 5.74) is 0.435. The minimum Gasteiger partial charge on any atom is -0.507 e. The Kier molecular flexibility index (Phi) is 4.25. The molecule has 2 aromatic rings. The molecule has 0 unspecified atom stereocenters. The fourth-order valence-electron chi connectivity index (χ4n) is 1.99. The van der Waals surface area contributed by atoms with Crippen molar-refractivity contribution in [1.29, 1.82) is 0 Å². The first kappa shape index (κ1) is 15.7. The van der Waals surface area contributed by atoms with Crippen LogP contribution in [0.3, 0.4) is 0 Å². The molecule has 7 heteroatoms. The van der Waals surface area contributed by atoms with Crippen LogP contribution in [0.25, 0.3) is 11.1 Å². The molecular formula is C15H11F3O4. The SMILES string of the molecule is O=C(O)Cc1ccc(O)c(-c2ccccc2OC(F)(F)F)c1. The predicted molar refractivity (Wildman–Crippen MR) is 71.6 cm³/mol. The number of phenols is 1. The summed E-state index contributed by atoms with van der Waals surface area (Å²) in [4.78, 5) is 10.7. The number of ether oxygens (including phenoxy) is 1. The van der Waals surface area contributed by atoms with E-state index in [1.54, 1.807) is 0 Å². The maximum atomic E-state index is 12.4. The van der Waals surface area contributed by atoms with Crippen molar-refractivity contribution in [3.8, 4) is 22.6 Å². The van der Waals surface area contributed by atoms with E-state index in [1.807, 2.05) is 0 Å². The molecule has 0 saturated heterocycles. The molecule has 0 amide bonds. The Hall–Kier alpha value is -2.70. The predicted octanol–water partition coefficient (Wildman–Crippen LogP) is 3.58. The quantitative estimate of drug-likeness (QED) is 0.905. The maximum absolute atomic E-state index is 12.4. The van der Waals surface area contributed by atoms with Gasteiger partial charge >= 0.3 is 12.3 Å². The van der Waals surface area contributed by atoms with Crippen molar-refractivity contribution in [2.24, 2.45) is 0 Å². The lowest BCUT2D eigenvalue weighted by Gasteiger charge is -2.14. The van der Waals surface area contributed by atoms with Crippen molar-refractivity contribution >= 4 is 5.97 Å². The number of carbonyl (C=O) groups is 1. The standard InChI is InChI=1S/C15H11F3O4/c16-15(17,18)22-13-4-2-1-3-10(13)11-7-9(8-14(20)21)5-6-12(11)19/h1-7,19H,8H2,(H,20,21). The van der Waals surface area contributed by atoms with Crippen molar-refractivity contribution < 1.29 is 32.9 Å². The molecule has 0 radical (unpaired) electrons. The van der Waals surface area contributed by atoms with Gasteiger partial charge in [-0.3, -0.25) is 4.79 Å². The Morgan fingerprint density at radius 2 is 1.77 bits per heavy atom. The second kappa shape index (κ2) is 5.97. The Labute approximate surface area is 123 Å². The van der Waals surface area contributed by atoms with Crippen LogP contribution in [0.2, 0.25) is 0 Å². The molecule has 4 nitrogen and oxygen atoms in total. The van der Waals surface area contributed by atoms with Gasteiger partial charge in [-0.15, -0.1) is 13.2 Å². The monoisotopic (exact) mass is 312 g/mol. The lowest BCUT2D eigenvalue weighted by atomic mass is 10.00. The molecule has 0 aliphatic carbocycles. The van der Waals surface area contributed by atoms with E-state index in [2.05, 4.69) is 4.74 Å². The third-order valence-corrected chi connectivity index (χ3v) is 2.82. The molecule has 0 saturated carbocycles. The van der Waals surface area contributed by atoms with E-state index in [4.69, 9.17) is 5.11 Å². The average molecular weight is 312 g/mol.